The smallest absolute Gasteiger partial charge is 0.225 e. The molecular weight excluding hydrogens is 410 g/mol. The van der Waals surface area contributed by atoms with Crippen molar-refractivity contribution in [2.24, 2.45) is 5.92 Å². The molecule has 31 heavy (non-hydrogen) atoms. The molecule has 4 rings (SSSR count). The Morgan fingerprint density at radius 3 is 2.52 bits per heavy atom. The van der Waals surface area contributed by atoms with E-state index in [1.54, 1.807) is 6.92 Å². The average molecular weight is 440 g/mol. The highest BCUT2D eigenvalue weighted by atomic mass is 35.5. The first kappa shape index (κ1) is 21.8. The monoisotopic (exact) mass is 439 g/mol. The van der Waals surface area contributed by atoms with Gasteiger partial charge in [-0.2, -0.15) is 0 Å². The number of nitrogens with zero attached hydrogens (tertiary/aromatic N) is 3. The highest BCUT2D eigenvalue weighted by Crippen LogP contribution is 2.29. The molecule has 1 aromatic heterocycles. The first-order valence-corrected chi connectivity index (χ1v) is 11.6. The number of hydrogen-bond donors (Lipinski definition) is 0. The molecule has 0 bridgehead atoms. The SMILES string of the molecule is CC(=O)N1CCC(C(=O)N2CCC[C@H](c3cccc(Cc4ccccc4Cl)n3)C2)CC1. The Morgan fingerprint density at radius 2 is 1.77 bits per heavy atom. The standard InChI is InChI=1S/C25H30ClN3O2/c1-18(30)28-14-11-19(12-15-28)25(31)29-13-5-7-21(17-29)24-10-4-8-22(27-24)16-20-6-2-3-9-23(20)26/h2-4,6,8-10,19,21H,5,7,11-17H2,1H3/t21-/m0/s1. The molecule has 0 spiro atoms. The molecule has 2 aromatic rings. The fourth-order valence-corrected chi connectivity index (χ4v) is 4.98. The second-order valence-electron chi connectivity index (χ2n) is 8.73. The number of hydrogen-bond acceptors (Lipinski definition) is 3. The minimum Gasteiger partial charge on any atom is -0.343 e. The van der Waals surface area contributed by atoms with Crippen molar-refractivity contribution in [1.29, 1.82) is 0 Å². The number of amides is 2. The predicted molar refractivity (Wildman–Crippen MR) is 122 cm³/mol. The van der Waals surface area contributed by atoms with Gasteiger partial charge < -0.3 is 9.80 Å². The Morgan fingerprint density at radius 1 is 1.00 bits per heavy atom. The number of rotatable bonds is 4. The van der Waals surface area contributed by atoms with Crippen molar-refractivity contribution in [2.75, 3.05) is 26.2 Å². The molecule has 2 amide bonds. The third-order valence-electron chi connectivity index (χ3n) is 6.60. The van der Waals surface area contributed by atoms with E-state index in [1.165, 1.54) is 0 Å². The molecule has 164 valence electrons. The van der Waals surface area contributed by atoms with Gasteiger partial charge in [0.15, 0.2) is 0 Å². The van der Waals surface area contributed by atoms with Gasteiger partial charge in [0, 0.05) is 67.8 Å². The van der Waals surface area contributed by atoms with Crippen molar-refractivity contribution in [3.8, 4) is 0 Å². The molecule has 0 aliphatic carbocycles. The van der Waals surface area contributed by atoms with Crippen LogP contribution in [0.2, 0.25) is 5.02 Å². The van der Waals surface area contributed by atoms with Crippen LogP contribution in [0, 0.1) is 5.92 Å². The minimum absolute atomic E-state index is 0.0360. The van der Waals surface area contributed by atoms with Crippen molar-refractivity contribution in [1.82, 2.24) is 14.8 Å². The fraction of sp³-hybridized carbons (Fsp3) is 0.480. The summed E-state index contributed by atoms with van der Waals surface area (Å²) in [6, 6.07) is 14.1. The van der Waals surface area contributed by atoms with Crippen molar-refractivity contribution in [3.63, 3.8) is 0 Å². The summed E-state index contributed by atoms with van der Waals surface area (Å²) in [6.07, 6.45) is 4.29. The van der Waals surface area contributed by atoms with Crippen LogP contribution in [0.1, 0.15) is 55.5 Å². The lowest BCUT2D eigenvalue weighted by molar-refractivity contribution is -0.141. The van der Waals surface area contributed by atoms with Crippen LogP contribution in [0.25, 0.3) is 0 Å². The number of likely N-dealkylation sites (tertiary alicyclic amines) is 2. The van der Waals surface area contributed by atoms with Gasteiger partial charge in [-0.05, 0) is 49.4 Å². The predicted octanol–water partition coefficient (Wildman–Crippen LogP) is 4.29. The molecule has 6 heteroatoms. The first-order valence-electron chi connectivity index (χ1n) is 11.2. The molecule has 2 saturated heterocycles. The molecule has 3 heterocycles. The zero-order valence-corrected chi connectivity index (χ0v) is 18.9. The molecule has 1 aromatic carbocycles. The van der Waals surface area contributed by atoms with Gasteiger partial charge in [0.2, 0.25) is 11.8 Å². The van der Waals surface area contributed by atoms with Crippen molar-refractivity contribution < 1.29 is 9.59 Å². The molecule has 2 aliphatic heterocycles. The molecule has 0 radical (unpaired) electrons. The molecule has 2 aliphatic rings. The fourth-order valence-electron chi connectivity index (χ4n) is 4.78. The number of aromatic nitrogens is 1. The van der Waals surface area contributed by atoms with Crippen LogP contribution in [-0.2, 0) is 16.0 Å². The molecule has 5 nitrogen and oxygen atoms in total. The van der Waals surface area contributed by atoms with E-state index in [0.717, 1.165) is 60.7 Å². The maximum Gasteiger partial charge on any atom is 0.225 e. The summed E-state index contributed by atoms with van der Waals surface area (Å²) in [5, 5.41) is 0.764. The van der Waals surface area contributed by atoms with Gasteiger partial charge in [0.05, 0.1) is 0 Å². The summed E-state index contributed by atoms with van der Waals surface area (Å²) in [4.78, 5) is 33.5. The largest absolute Gasteiger partial charge is 0.343 e. The summed E-state index contributed by atoms with van der Waals surface area (Å²) < 4.78 is 0. The molecular formula is C25H30ClN3O2. The van der Waals surface area contributed by atoms with Gasteiger partial charge >= 0.3 is 0 Å². The van der Waals surface area contributed by atoms with E-state index in [1.807, 2.05) is 40.1 Å². The summed E-state index contributed by atoms with van der Waals surface area (Å²) in [7, 11) is 0. The third kappa shape index (κ3) is 5.27. The van der Waals surface area contributed by atoms with Gasteiger partial charge in [0.25, 0.3) is 0 Å². The molecule has 1 atom stereocenters. The number of benzene rings is 1. The summed E-state index contributed by atoms with van der Waals surface area (Å²) in [5.41, 5.74) is 3.14. The van der Waals surface area contributed by atoms with E-state index in [0.29, 0.717) is 19.5 Å². The lowest BCUT2D eigenvalue weighted by atomic mass is 9.90. The number of carbonyl (C=O) groups is 2. The lowest BCUT2D eigenvalue weighted by Crippen LogP contribution is -2.46. The van der Waals surface area contributed by atoms with Crippen molar-refractivity contribution >= 4 is 23.4 Å². The second kappa shape index (κ2) is 9.82. The number of halogens is 1. The molecule has 0 unspecified atom stereocenters. The average Bonchev–Trinajstić information content (AvgIpc) is 2.80. The number of piperidine rings is 2. The quantitative estimate of drug-likeness (QED) is 0.714. The first-order chi connectivity index (χ1) is 15.0. The second-order valence-corrected chi connectivity index (χ2v) is 9.13. The minimum atomic E-state index is 0.0360. The Bertz CT molecular complexity index is 940. The number of carbonyl (C=O) groups excluding carboxylic acids is 2. The molecule has 0 saturated carbocycles. The summed E-state index contributed by atoms with van der Waals surface area (Å²) in [5.74, 6) is 0.655. The Balaban J connectivity index is 1.40. The van der Waals surface area contributed by atoms with E-state index in [9.17, 15) is 9.59 Å². The van der Waals surface area contributed by atoms with Crippen LogP contribution in [0.3, 0.4) is 0 Å². The Labute approximate surface area is 189 Å². The summed E-state index contributed by atoms with van der Waals surface area (Å²) >= 11 is 6.32. The van der Waals surface area contributed by atoms with E-state index in [4.69, 9.17) is 16.6 Å². The zero-order chi connectivity index (χ0) is 21.8. The zero-order valence-electron chi connectivity index (χ0n) is 18.1. The maximum absolute atomic E-state index is 13.1. The lowest BCUT2D eigenvalue weighted by Gasteiger charge is -2.37. The van der Waals surface area contributed by atoms with Crippen LogP contribution in [0.5, 0.6) is 0 Å². The highest BCUT2D eigenvalue weighted by Gasteiger charge is 2.32. The van der Waals surface area contributed by atoms with Crippen LogP contribution in [-0.4, -0.2) is 52.8 Å². The van der Waals surface area contributed by atoms with E-state index < -0.39 is 0 Å². The van der Waals surface area contributed by atoms with Crippen LogP contribution >= 0.6 is 11.6 Å². The maximum atomic E-state index is 13.1. The molecule has 0 N–H and O–H groups in total. The van der Waals surface area contributed by atoms with Crippen LogP contribution in [0.4, 0.5) is 0 Å². The van der Waals surface area contributed by atoms with Crippen LogP contribution in [0.15, 0.2) is 42.5 Å². The van der Waals surface area contributed by atoms with Gasteiger partial charge in [-0.25, -0.2) is 0 Å². The Hall–Kier alpha value is -2.40. The topological polar surface area (TPSA) is 53.5 Å². The van der Waals surface area contributed by atoms with E-state index >= 15 is 0 Å². The van der Waals surface area contributed by atoms with Crippen molar-refractivity contribution in [2.45, 2.75) is 44.9 Å². The summed E-state index contributed by atoms with van der Waals surface area (Å²) in [6.45, 7) is 4.53. The van der Waals surface area contributed by atoms with E-state index in [-0.39, 0.29) is 23.7 Å². The van der Waals surface area contributed by atoms with Gasteiger partial charge in [-0.3, -0.25) is 14.6 Å². The van der Waals surface area contributed by atoms with Gasteiger partial charge in [0.1, 0.15) is 0 Å². The third-order valence-corrected chi connectivity index (χ3v) is 6.97. The van der Waals surface area contributed by atoms with Gasteiger partial charge in [-0.1, -0.05) is 35.9 Å². The van der Waals surface area contributed by atoms with E-state index in [2.05, 4.69) is 12.1 Å². The normalized spacial score (nSPS) is 20.0. The Kier molecular flexibility index (Phi) is 6.91. The van der Waals surface area contributed by atoms with Crippen molar-refractivity contribution in [3.05, 3.63) is 64.4 Å². The molecule has 2 fully saturated rings. The van der Waals surface area contributed by atoms with Crippen LogP contribution < -0.4 is 0 Å². The van der Waals surface area contributed by atoms with Gasteiger partial charge in [-0.15, -0.1) is 0 Å². The highest BCUT2D eigenvalue weighted by molar-refractivity contribution is 6.31. The number of pyridine rings is 1.